The lowest BCUT2D eigenvalue weighted by Crippen LogP contribution is -2.52. The minimum Gasteiger partial charge on any atom is -0.508 e. The number of ether oxygens (including phenoxy) is 2. The number of carbonyl (C=O) groups excluding carboxylic acids is 2. The number of aromatic hydroxyl groups is 1. The first-order valence-electron chi connectivity index (χ1n) is 17.9. The van der Waals surface area contributed by atoms with Crippen molar-refractivity contribution >= 4 is 35.6 Å². The van der Waals surface area contributed by atoms with Gasteiger partial charge in [-0.25, -0.2) is 8.78 Å². The van der Waals surface area contributed by atoms with Crippen LogP contribution in [0.15, 0.2) is 97.2 Å². The zero-order chi connectivity index (χ0) is 36.6. The van der Waals surface area contributed by atoms with E-state index in [9.17, 15) is 23.5 Å². The number of rotatable bonds is 7. The maximum atomic E-state index is 15.0. The lowest BCUT2D eigenvalue weighted by Gasteiger charge is -2.41. The van der Waals surface area contributed by atoms with Gasteiger partial charge < -0.3 is 24.0 Å². The summed E-state index contributed by atoms with van der Waals surface area (Å²) in [4.78, 5) is 34.5. The second kappa shape index (κ2) is 15.7. The highest BCUT2D eigenvalue weighted by Gasteiger charge is 2.36. The van der Waals surface area contributed by atoms with Crippen LogP contribution in [0.5, 0.6) is 5.75 Å². The average molecular weight is 755 g/mol. The fourth-order valence-electron chi connectivity index (χ4n) is 7.68. The van der Waals surface area contributed by atoms with Gasteiger partial charge in [-0.2, -0.15) is 0 Å². The van der Waals surface area contributed by atoms with E-state index in [2.05, 4.69) is 17.0 Å². The van der Waals surface area contributed by atoms with E-state index in [0.29, 0.717) is 65.6 Å². The molecule has 0 radical (unpaired) electrons. The number of aromatic nitrogens is 1. The van der Waals surface area contributed by atoms with Gasteiger partial charge in [0.1, 0.15) is 23.5 Å². The van der Waals surface area contributed by atoms with Gasteiger partial charge in [0.15, 0.2) is 0 Å². The highest BCUT2D eigenvalue weighted by molar-refractivity contribution is 6.11. The maximum absolute atomic E-state index is 15.0. The second-order valence-electron chi connectivity index (χ2n) is 13.9. The number of anilines is 2. The number of halogens is 3. The largest absolute Gasteiger partial charge is 0.508 e. The molecule has 12 heteroatoms. The number of hydrogen-bond acceptors (Lipinski definition) is 6. The molecule has 1 N–H and O–H groups in total. The summed E-state index contributed by atoms with van der Waals surface area (Å²) in [5, 5.41) is 9.92. The van der Waals surface area contributed by atoms with Crippen molar-refractivity contribution in [2.75, 3.05) is 37.7 Å². The quantitative estimate of drug-likeness (QED) is 0.187. The SMILES string of the molecule is Cc1ccc(N(C(=O)c2ccn3c2COC(c2cc(F)ccc2C(=O)N2Cc4ccccc4C[C@H]2CN2CCOCC2)C3)c2ccc(O)cc2)cc1F.Cl. The van der Waals surface area contributed by atoms with Crippen molar-refractivity contribution in [1.82, 2.24) is 14.4 Å². The summed E-state index contributed by atoms with van der Waals surface area (Å²) < 4.78 is 43.6. The van der Waals surface area contributed by atoms with E-state index in [1.165, 1.54) is 40.8 Å². The Labute approximate surface area is 318 Å². The first-order chi connectivity index (χ1) is 25.7. The summed E-state index contributed by atoms with van der Waals surface area (Å²) >= 11 is 0. The van der Waals surface area contributed by atoms with Crippen LogP contribution >= 0.6 is 12.4 Å². The Balaban J connectivity index is 0.00000450. The number of hydrogen-bond donors (Lipinski definition) is 1. The van der Waals surface area contributed by atoms with Crippen LogP contribution in [-0.2, 0) is 35.6 Å². The van der Waals surface area contributed by atoms with E-state index in [0.717, 1.165) is 25.1 Å². The third-order valence-electron chi connectivity index (χ3n) is 10.6. The number of carbonyl (C=O) groups is 2. The van der Waals surface area contributed by atoms with Crippen molar-refractivity contribution in [3.63, 3.8) is 0 Å². The van der Waals surface area contributed by atoms with E-state index in [1.54, 1.807) is 49.5 Å². The van der Waals surface area contributed by atoms with Crippen molar-refractivity contribution < 1.29 is 33.0 Å². The van der Waals surface area contributed by atoms with Gasteiger partial charge in [0.25, 0.3) is 11.8 Å². The molecule has 1 unspecified atom stereocenters. The topological polar surface area (TPSA) is 87.5 Å². The molecule has 1 aromatic heterocycles. The van der Waals surface area contributed by atoms with Crippen LogP contribution in [0.3, 0.4) is 0 Å². The fraction of sp³-hybridized carbons (Fsp3) is 0.286. The van der Waals surface area contributed by atoms with Crippen molar-refractivity contribution in [3.8, 4) is 5.75 Å². The molecule has 9 nitrogen and oxygen atoms in total. The first-order valence-corrected chi connectivity index (χ1v) is 17.9. The highest BCUT2D eigenvalue weighted by Crippen LogP contribution is 2.36. The number of morpholine rings is 1. The normalized spacial score (nSPS) is 18.3. The summed E-state index contributed by atoms with van der Waals surface area (Å²) in [5.74, 6) is -1.48. The van der Waals surface area contributed by atoms with Crippen LogP contribution in [-0.4, -0.2) is 70.2 Å². The van der Waals surface area contributed by atoms with E-state index in [-0.39, 0.29) is 43.3 Å². The van der Waals surface area contributed by atoms with Gasteiger partial charge in [-0.3, -0.25) is 19.4 Å². The number of phenols is 1. The molecule has 1 fully saturated rings. The van der Waals surface area contributed by atoms with Crippen LogP contribution < -0.4 is 4.90 Å². The molecule has 1 saturated heterocycles. The van der Waals surface area contributed by atoms with E-state index >= 15 is 0 Å². The van der Waals surface area contributed by atoms with E-state index < -0.39 is 23.6 Å². The molecule has 0 bridgehead atoms. The van der Waals surface area contributed by atoms with Crippen LogP contribution in [0, 0.1) is 18.6 Å². The highest BCUT2D eigenvalue weighted by atomic mass is 35.5. The number of phenolic OH excluding ortho intramolecular Hbond substituents is 1. The Morgan fingerprint density at radius 2 is 1.63 bits per heavy atom. The molecule has 54 heavy (non-hydrogen) atoms. The lowest BCUT2D eigenvalue weighted by molar-refractivity contribution is 0.00120. The second-order valence-corrected chi connectivity index (χ2v) is 13.9. The molecule has 3 aliphatic heterocycles. The van der Waals surface area contributed by atoms with Crippen molar-refractivity contribution in [1.29, 1.82) is 0 Å². The van der Waals surface area contributed by atoms with Crippen LogP contribution in [0.25, 0.3) is 0 Å². The third-order valence-corrected chi connectivity index (χ3v) is 10.6. The monoisotopic (exact) mass is 754 g/mol. The molecule has 5 aromatic rings. The summed E-state index contributed by atoms with van der Waals surface area (Å²) in [6.07, 6.45) is 1.83. The standard InChI is InChI=1S/C42H40F2N4O5.ClH/c1-27-6-8-32(22-38(27)44)48(31-9-11-34(49)12-10-31)42(51)36-14-15-46-25-40(53-26-39(36)46)37-21-30(43)7-13-35(37)41(50)47-23-29-5-3-2-4-28(29)20-33(47)24-45-16-18-52-19-17-45;/h2-15,21-22,33,40,49H,16-20,23-26H2,1H3;1H/t33-,40?;/m0./s1. The van der Waals surface area contributed by atoms with Crippen molar-refractivity contribution in [2.24, 2.45) is 0 Å². The van der Waals surface area contributed by atoms with Gasteiger partial charge in [-0.1, -0.05) is 30.3 Å². The van der Waals surface area contributed by atoms with Crippen LogP contribution in [0.1, 0.15) is 54.8 Å². The number of fused-ring (bicyclic) bond motifs is 2. The summed E-state index contributed by atoms with van der Waals surface area (Å²) in [5.41, 5.74) is 5.33. The first kappa shape index (κ1) is 37.3. The van der Waals surface area contributed by atoms with E-state index in [4.69, 9.17) is 9.47 Å². The number of nitrogens with zero attached hydrogens (tertiary/aromatic N) is 4. The summed E-state index contributed by atoms with van der Waals surface area (Å²) in [6.45, 7) is 5.99. The molecule has 280 valence electrons. The van der Waals surface area contributed by atoms with Gasteiger partial charge >= 0.3 is 0 Å². The Morgan fingerprint density at radius 1 is 0.889 bits per heavy atom. The van der Waals surface area contributed by atoms with Crippen molar-refractivity contribution in [2.45, 2.75) is 45.2 Å². The molecule has 0 spiro atoms. The zero-order valence-electron chi connectivity index (χ0n) is 29.8. The third kappa shape index (κ3) is 7.37. The summed E-state index contributed by atoms with van der Waals surface area (Å²) in [7, 11) is 0. The van der Waals surface area contributed by atoms with Crippen LogP contribution in [0.4, 0.5) is 20.2 Å². The van der Waals surface area contributed by atoms with Crippen molar-refractivity contribution in [3.05, 3.63) is 148 Å². The molecular weight excluding hydrogens is 714 g/mol. The molecule has 4 aromatic carbocycles. The summed E-state index contributed by atoms with van der Waals surface area (Å²) in [6, 6.07) is 24.8. The Kier molecular flexibility index (Phi) is 10.8. The predicted octanol–water partition coefficient (Wildman–Crippen LogP) is 7.35. The molecule has 4 heterocycles. The fourth-order valence-corrected chi connectivity index (χ4v) is 7.68. The van der Waals surface area contributed by atoms with Gasteiger partial charge in [0, 0.05) is 49.7 Å². The molecule has 2 atom stereocenters. The Morgan fingerprint density at radius 3 is 2.39 bits per heavy atom. The molecular formula is C42H41ClF2N4O5. The maximum Gasteiger partial charge on any atom is 0.264 e. The van der Waals surface area contributed by atoms with Gasteiger partial charge in [0.2, 0.25) is 0 Å². The Bertz CT molecular complexity index is 2170. The number of aryl methyl sites for hydroxylation is 1. The smallest absolute Gasteiger partial charge is 0.264 e. The Hall–Kier alpha value is -5.07. The van der Waals surface area contributed by atoms with Gasteiger partial charge in [-0.15, -0.1) is 12.4 Å². The molecule has 2 amide bonds. The number of benzene rings is 4. The molecule has 3 aliphatic rings. The van der Waals surface area contributed by atoms with Gasteiger partial charge in [0.05, 0.1) is 43.3 Å². The average Bonchev–Trinajstić information content (AvgIpc) is 3.60. The molecule has 8 rings (SSSR count). The minimum absolute atomic E-state index is 0. The minimum atomic E-state index is -0.665. The predicted molar refractivity (Wildman–Crippen MR) is 202 cm³/mol. The molecule has 0 aliphatic carbocycles. The number of amides is 2. The molecule has 0 saturated carbocycles. The van der Waals surface area contributed by atoms with Gasteiger partial charge in [-0.05, 0) is 96.3 Å². The van der Waals surface area contributed by atoms with Crippen LogP contribution in [0.2, 0.25) is 0 Å². The lowest BCUT2D eigenvalue weighted by atomic mass is 9.91. The zero-order valence-corrected chi connectivity index (χ0v) is 30.6. The van der Waals surface area contributed by atoms with E-state index in [1.807, 2.05) is 21.6 Å².